The Morgan fingerprint density at radius 1 is 1.24 bits per heavy atom. The molecule has 0 saturated carbocycles. The fourth-order valence-electron chi connectivity index (χ4n) is 2.44. The van der Waals surface area contributed by atoms with Crippen LogP contribution >= 0.6 is 23.2 Å². The van der Waals surface area contributed by atoms with Crippen molar-refractivity contribution < 1.29 is 22.3 Å². The van der Waals surface area contributed by atoms with E-state index in [0.29, 0.717) is 27.1 Å². The van der Waals surface area contributed by atoms with Crippen LogP contribution in [0.1, 0.15) is 18.4 Å². The highest BCUT2D eigenvalue weighted by Gasteiger charge is 2.39. The number of hydrogen-bond acceptors (Lipinski definition) is 3. The lowest BCUT2D eigenvalue weighted by atomic mass is 10.1. The Balaban J connectivity index is 2.15. The zero-order valence-electron chi connectivity index (χ0n) is 13.4. The van der Waals surface area contributed by atoms with E-state index in [9.17, 15) is 13.2 Å². The summed E-state index contributed by atoms with van der Waals surface area (Å²) in [6, 6.07) is 4.91. The number of hydrogen-bond donors (Lipinski definition) is 0. The summed E-state index contributed by atoms with van der Waals surface area (Å²) in [5.74, 6) is 0.389. The largest absolute Gasteiger partial charge is 0.474 e. The fraction of sp³-hybridized carbons (Fsp3) is 0.312. The number of benzene rings is 1. The maximum atomic E-state index is 12.8. The van der Waals surface area contributed by atoms with Gasteiger partial charge in [-0.15, -0.1) is 0 Å². The molecule has 0 aliphatic rings. The average molecular weight is 393 g/mol. The second-order valence-corrected chi connectivity index (χ2v) is 6.41. The number of nitrogens with zero attached hydrogens (tertiary/aromatic N) is 2. The molecule has 9 heteroatoms. The molecule has 0 spiro atoms. The number of alkyl halides is 3. The molecule has 4 nitrogen and oxygen atoms in total. The van der Waals surface area contributed by atoms with Gasteiger partial charge in [-0.2, -0.15) is 22.8 Å². The molecule has 134 valence electrons. The second-order valence-electron chi connectivity index (χ2n) is 5.56. The second kappa shape index (κ2) is 6.14. The zero-order valence-corrected chi connectivity index (χ0v) is 14.9. The van der Waals surface area contributed by atoms with Crippen molar-refractivity contribution >= 4 is 28.9 Å². The normalized spacial score (nSPS) is 13.4. The van der Waals surface area contributed by atoms with Crippen LogP contribution in [-0.4, -0.2) is 21.9 Å². The Kier molecular flexibility index (Phi) is 4.41. The summed E-state index contributed by atoms with van der Waals surface area (Å²) in [5.41, 5.74) is 1.49. The molecule has 0 N–H and O–H groups in total. The summed E-state index contributed by atoms with van der Waals surface area (Å²) in [6.07, 6.45) is -6.49. The van der Waals surface area contributed by atoms with Crippen molar-refractivity contribution in [2.45, 2.75) is 33.1 Å². The SMILES string of the molecule is Cc1nn2c(-c3ccc(Cl)cc3Cl)c(C)oc2c1OC(C)C(F)(F)F. The van der Waals surface area contributed by atoms with E-state index in [-0.39, 0.29) is 17.2 Å². The molecule has 25 heavy (non-hydrogen) atoms. The van der Waals surface area contributed by atoms with Crippen molar-refractivity contribution in [3.63, 3.8) is 0 Å². The van der Waals surface area contributed by atoms with E-state index in [1.807, 2.05) is 0 Å². The smallest absolute Gasteiger partial charge is 0.425 e. The summed E-state index contributed by atoms with van der Waals surface area (Å²) < 4.78 is 50.5. The Bertz CT molecular complexity index is 947. The van der Waals surface area contributed by atoms with Gasteiger partial charge in [0.05, 0.1) is 5.02 Å². The number of oxazole rings is 1. The van der Waals surface area contributed by atoms with Gasteiger partial charge in [0.25, 0.3) is 5.71 Å². The lowest BCUT2D eigenvalue weighted by molar-refractivity contribution is -0.189. The quantitative estimate of drug-likeness (QED) is 0.561. The predicted octanol–water partition coefficient (Wildman–Crippen LogP) is 5.85. The first-order valence-corrected chi connectivity index (χ1v) is 8.02. The van der Waals surface area contributed by atoms with Gasteiger partial charge in [-0.3, -0.25) is 0 Å². The summed E-state index contributed by atoms with van der Waals surface area (Å²) >= 11 is 12.1. The molecule has 0 amide bonds. The third-order valence-electron chi connectivity index (χ3n) is 3.70. The molecular weight excluding hydrogens is 380 g/mol. The monoisotopic (exact) mass is 392 g/mol. The van der Waals surface area contributed by atoms with Crippen LogP contribution in [0.4, 0.5) is 13.2 Å². The highest BCUT2D eigenvalue weighted by Crippen LogP contribution is 2.38. The van der Waals surface area contributed by atoms with Crippen LogP contribution in [0.15, 0.2) is 22.6 Å². The number of rotatable bonds is 3. The Morgan fingerprint density at radius 3 is 2.52 bits per heavy atom. The molecule has 3 rings (SSSR count). The molecule has 2 aromatic heterocycles. The maximum Gasteiger partial charge on any atom is 0.425 e. The highest BCUT2D eigenvalue weighted by atomic mass is 35.5. The standard InChI is InChI=1S/C16H13Cl2F3N2O2/c1-7-14(25-9(3)16(19,20)21)15-23(22-7)13(8(2)24-15)11-5-4-10(17)6-12(11)18/h4-6,9H,1-3H3. The molecule has 1 aromatic carbocycles. The van der Waals surface area contributed by atoms with Crippen LogP contribution in [0.5, 0.6) is 5.75 Å². The molecule has 0 aliphatic heterocycles. The van der Waals surface area contributed by atoms with Crippen LogP contribution in [0.25, 0.3) is 17.0 Å². The third-order valence-corrected chi connectivity index (χ3v) is 4.25. The van der Waals surface area contributed by atoms with Crippen molar-refractivity contribution in [1.82, 2.24) is 9.61 Å². The molecule has 1 unspecified atom stereocenters. The van der Waals surface area contributed by atoms with Crippen molar-refractivity contribution in [3.8, 4) is 17.0 Å². The van der Waals surface area contributed by atoms with Crippen LogP contribution < -0.4 is 4.74 Å². The summed E-state index contributed by atoms with van der Waals surface area (Å²) in [5, 5.41) is 5.08. The summed E-state index contributed by atoms with van der Waals surface area (Å²) in [4.78, 5) is 0. The Morgan fingerprint density at radius 2 is 1.92 bits per heavy atom. The maximum absolute atomic E-state index is 12.8. The molecule has 0 radical (unpaired) electrons. The van der Waals surface area contributed by atoms with Crippen LogP contribution in [0.3, 0.4) is 0 Å². The number of halogens is 5. The lowest BCUT2D eigenvalue weighted by Gasteiger charge is -2.16. The first-order valence-electron chi connectivity index (χ1n) is 7.27. The van der Waals surface area contributed by atoms with Gasteiger partial charge in [0.2, 0.25) is 5.75 Å². The minimum Gasteiger partial charge on any atom is -0.474 e. The van der Waals surface area contributed by atoms with Crippen molar-refractivity contribution in [1.29, 1.82) is 0 Å². The van der Waals surface area contributed by atoms with Gasteiger partial charge in [-0.25, -0.2) is 0 Å². The van der Waals surface area contributed by atoms with Crippen molar-refractivity contribution in [2.24, 2.45) is 0 Å². The van der Waals surface area contributed by atoms with E-state index >= 15 is 0 Å². The van der Waals surface area contributed by atoms with Gasteiger partial charge in [-0.05, 0) is 39.0 Å². The molecule has 0 aliphatic carbocycles. The van der Waals surface area contributed by atoms with Gasteiger partial charge in [0.15, 0.2) is 6.10 Å². The van der Waals surface area contributed by atoms with Gasteiger partial charge in [0.1, 0.15) is 17.1 Å². The zero-order chi connectivity index (χ0) is 18.5. The van der Waals surface area contributed by atoms with Gasteiger partial charge in [0, 0.05) is 10.6 Å². The molecule has 3 aromatic rings. The minimum atomic E-state index is -4.50. The fourth-order valence-corrected chi connectivity index (χ4v) is 2.94. The number of ether oxygens (including phenoxy) is 1. The minimum absolute atomic E-state index is 0.0516. The predicted molar refractivity (Wildman–Crippen MR) is 88.5 cm³/mol. The Hall–Kier alpha value is -1.86. The number of fused-ring (bicyclic) bond motifs is 1. The molecule has 1 atom stereocenters. The Labute approximate surface area is 151 Å². The highest BCUT2D eigenvalue weighted by molar-refractivity contribution is 6.36. The van der Waals surface area contributed by atoms with Crippen LogP contribution in [0, 0.1) is 13.8 Å². The van der Waals surface area contributed by atoms with E-state index in [1.165, 1.54) is 4.52 Å². The average Bonchev–Trinajstić information content (AvgIpc) is 2.94. The van der Waals surface area contributed by atoms with E-state index in [1.54, 1.807) is 32.0 Å². The molecule has 0 bridgehead atoms. The summed E-state index contributed by atoms with van der Waals surface area (Å²) in [7, 11) is 0. The van der Waals surface area contributed by atoms with Gasteiger partial charge < -0.3 is 9.15 Å². The van der Waals surface area contributed by atoms with Gasteiger partial charge in [-0.1, -0.05) is 23.2 Å². The van der Waals surface area contributed by atoms with E-state index in [0.717, 1.165) is 6.92 Å². The van der Waals surface area contributed by atoms with Crippen LogP contribution in [0.2, 0.25) is 10.0 Å². The lowest BCUT2D eigenvalue weighted by Crippen LogP contribution is -2.31. The first-order chi connectivity index (χ1) is 11.6. The molecule has 0 fully saturated rings. The van der Waals surface area contributed by atoms with Crippen LogP contribution in [-0.2, 0) is 0 Å². The topological polar surface area (TPSA) is 39.7 Å². The number of aryl methyl sites for hydroxylation is 2. The number of aromatic nitrogens is 2. The molecule has 2 heterocycles. The van der Waals surface area contributed by atoms with Crippen molar-refractivity contribution in [3.05, 3.63) is 39.7 Å². The molecule has 0 saturated heterocycles. The van der Waals surface area contributed by atoms with E-state index in [4.69, 9.17) is 32.4 Å². The van der Waals surface area contributed by atoms with E-state index < -0.39 is 12.3 Å². The van der Waals surface area contributed by atoms with E-state index in [2.05, 4.69) is 5.10 Å². The summed E-state index contributed by atoms with van der Waals surface area (Å²) in [6.45, 7) is 4.14. The van der Waals surface area contributed by atoms with Gasteiger partial charge >= 0.3 is 6.18 Å². The molecular formula is C16H13Cl2F3N2O2. The first kappa shape index (κ1) is 17.9. The van der Waals surface area contributed by atoms with Crippen molar-refractivity contribution in [2.75, 3.05) is 0 Å². The third kappa shape index (κ3) is 3.18.